The summed E-state index contributed by atoms with van der Waals surface area (Å²) in [5.74, 6) is 0.945. The molecule has 0 aromatic heterocycles. The number of hydrogen-bond donors (Lipinski definition) is 1. The normalized spacial score (nSPS) is 47.2. The van der Waals surface area contributed by atoms with Crippen molar-refractivity contribution >= 4 is 11.8 Å². The molecule has 4 aliphatic carbocycles. The van der Waals surface area contributed by atoms with Gasteiger partial charge in [-0.05, 0) is 74.7 Å². The second-order valence-corrected chi connectivity index (χ2v) is 10.2. The van der Waals surface area contributed by atoms with E-state index >= 15 is 0 Å². The smallest absolute Gasteiger partial charge is 0.302 e. The molecule has 154 valence electrons. The molecule has 0 heterocycles. The number of allylic oxidation sites excluding steroid dienone is 2. The van der Waals surface area contributed by atoms with Gasteiger partial charge < -0.3 is 9.84 Å². The van der Waals surface area contributed by atoms with Crippen molar-refractivity contribution in [1.82, 2.24) is 0 Å². The lowest BCUT2D eigenvalue weighted by Crippen LogP contribution is -2.58. The molecule has 28 heavy (non-hydrogen) atoms. The third kappa shape index (κ3) is 2.46. The van der Waals surface area contributed by atoms with Crippen LogP contribution in [0.1, 0.15) is 73.1 Å². The molecular weight excluding hydrogens is 352 g/mol. The number of ether oxygens (including phenoxy) is 1. The Morgan fingerprint density at radius 3 is 2.54 bits per heavy atom. The van der Waals surface area contributed by atoms with Crippen molar-refractivity contribution in [2.75, 3.05) is 0 Å². The minimum atomic E-state index is -1.32. The highest BCUT2D eigenvalue weighted by Gasteiger charge is 2.65. The van der Waals surface area contributed by atoms with E-state index in [9.17, 15) is 14.7 Å². The molecule has 0 aliphatic heterocycles. The molecule has 7 atom stereocenters. The van der Waals surface area contributed by atoms with E-state index in [1.807, 2.05) is 6.92 Å². The van der Waals surface area contributed by atoms with Gasteiger partial charge in [-0.15, -0.1) is 0 Å². The Kier molecular flexibility index (Phi) is 4.46. The Hall–Kier alpha value is -1.42. The highest BCUT2D eigenvalue weighted by molar-refractivity contribution is 5.90. The number of esters is 1. The molecule has 4 nitrogen and oxygen atoms in total. The van der Waals surface area contributed by atoms with E-state index in [1.54, 1.807) is 0 Å². The summed E-state index contributed by atoms with van der Waals surface area (Å²) in [6, 6.07) is 0. The molecular formula is C24H34O4. The molecule has 2 fully saturated rings. The number of fused-ring (bicyclic) bond motifs is 5. The fraction of sp³-hybridized carbons (Fsp3) is 0.750. The molecule has 0 spiro atoms. The second-order valence-electron chi connectivity index (χ2n) is 10.2. The minimum Gasteiger partial charge on any atom is -0.462 e. The van der Waals surface area contributed by atoms with Crippen molar-refractivity contribution in [3.05, 3.63) is 23.3 Å². The zero-order chi connectivity index (χ0) is 20.5. The third-order valence-electron chi connectivity index (χ3n) is 8.98. The first-order valence-electron chi connectivity index (χ1n) is 10.8. The molecule has 0 aromatic carbocycles. The van der Waals surface area contributed by atoms with Crippen LogP contribution in [0.15, 0.2) is 23.3 Å². The van der Waals surface area contributed by atoms with E-state index in [2.05, 4.69) is 26.0 Å². The van der Waals surface area contributed by atoms with Crippen LogP contribution in [-0.2, 0) is 14.3 Å². The zero-order valence-electron chi connectivity index (χ0n) is 17.9. The predicted octanol–water partition coefficient (Wildman–Crippen LogP) is 4.37. The van der Waals surface area contributed by atoms with Crippen molar-refractivity contribution in [3.8, 4) is 0 Å². The Labute approximate surface area is 168 Å². The average molecular weight is 387 g/mol. The Balaban J connectivity index is 1.66. The summed E-state index contributed by atoms with van der Waals surface area (Å²) in [5, 5.41) is 11.4. The second kappa shape index (κ2) is 6.29. The molecule has 0 amide bonds. The predicted molar refractivity (Wildman–Crippen MR) is 107 cm³/mol. The van der Waals surface area contributed by atoms with Gasteiger partial charge in [0.25, 0.3) is 0 Å². The minimum absolute atomic E-state index is 0.0126. The van der Waals surface area contributed by atoms with Crippen LogP contribution >= 0.6 is 0 Å². The lowest BCUT2D eigenvalue weighted by molar-refractivity contribution is -0.156. The van der Waals surface area contributed by atoms with E-state index in [4.69, 9.17) is 4.74 Å². The average Bonchev–Trinajstić information content (AvgIpc) is 2.83. The molecule has 4 heteroatoms. The van der Waals surface area contributed by atoms with Gasteiger partial charge in [-0.1, -0.05) is 31.6 Å². The Bertz CT molecular complexity index is 779. The van der Waals surface area contributed by atoms with Crippen molar-refractivity contribution in [2.45, 2.75) is 84.8 Å². The van der Waals surface area contributed by atoms with Crippen LogP contribution in [0.25, 0.3) is 0 Å². The molecule has 0 saturated heterocycles. The lowest BCUT2D eigenvalue weighted by Gasteiger charge is -2.58. The van der Waals surface area contributed by atoms with Gasteiger partial charge in [0, 0.05) is 18.8 Å². The van der Waals surface area contributed by atoms with Gasteiger partial charge in [-0.25, -0.2) is 0 Å². The first kappa shape index (κ1) is 19.9. The van der Waals surface area contributed by atoms with E-state index in [0.717, 1.165) is 44.1 Å². The Morgan fingerprint density at radius 2 is 1.89 bits per heavy atom. The van der Waals surface area contributed by atoms with Gasteiger partial charge in [0.1, 0.15) is 11.7 Å². The fourth-order valence-electron chi connectivity index (χ4n) is 7.47. The van der Waals surface area contributed by atoms with Crippen LogP contribution in [0.2, 0.25) is 0 Å². The number of hydrogen-bond acceptors (Lipinski definition) is 4. The van der Waals surface area contributed by atoms with E-state index < -0.39 is 11.0 Å². The molecule has 4 rings (SSSR count). The van der Waals surface area contributed by atoms with E-state index in [0.29, 0.717) is 11.8 Å². The maximum Gasteiger partial charge on any atom is 0.302 e. The lowest BCUT2D eigenvalue weighted by atomic mass is 9.46. The van der Waals surface area contributed by atoms with Crippen molar-refractivity contribution in [2.24, 2.45) is 28.6 Å². The van der Waals surface area contributed by atoms with Gasteiger partial charge in [0.05, 0.1) is 0 Å². The van der Waals surface area contributed by atoms with Crippen LogP contribution in [0.3, 0.4) is 0 Å². The van der Waals surface area contributed by atoms with Gasteiger partial charge in [-0.3, -0.25) is 9.59 Å². The number of Topliss-reactive ketones (excluding diaryl/α,β-unsaturated/α-hetero) is 1. The quantitative estimate of drug-likeness (QED) is 0.565. The van der Waals surface area contributed by atoms with Crippen molar-refractivity contribution in [3.63, 3.8) is 0 Å². The standard InChI is InChI=1S/C24H34O4/c1-14-12-21-19-7-6-17-13-18(28-16(3)26)8-10-22(17,4)20(19)9-11-23(21,5)24(14,27)15(2)25/h6,12,18-21,27H,7-11,13H2,1-5H3/t18?,19-,20+,21+,22+,23+,24+/m1/s1. The van der Waals surface area contributed by atoms with Crippen LogP contribution in [0.4, 0.5) is 0 Å². The summed E-state index contributed by atoms with van der Waals surface area (Å²) in [6.07, 6.45) is 10.3. The first-order chi connectivity index (χ1) is 13.0. The largest absolute Gasteiger partial charge is 0.462 e. The number of carbonyl (C=O) groups is 2. The monoisotopic (exact) mass is 386 g/mol. The van der Waals surface area contributed by atoms with Crippen LogP contribution in [0.5, 0.6) is 0 Å². The summed E-state index contributed by atoms with van der Waals surface area (Å²) in [6.45, 7) is 9.47. The topological polar surface area (TPSA) is 63.6 Å². The molecule has 0 bridgehead atoms. The third-order valence-corrected chi connectivity index (χ3v) is 8.98. The summed E-state index contributed by atoms with van der Waals surface area (Å²) in [4.78, 5) is 23.9. The van der Waals surface area contributed by atoms with Gasteiger partial charge in [-0.2, -0.15) is 0 Å². The van der Waals surface area contributed by atoms with Crippen molar-refractivity contribution in [1.29, 1.82) is 0 Å². The summed E-state index contributed by atoms with van der Waals surface area (Å²) in [5.41, 5.74) is 0.711. The van der Waals surface area contributed by atoms with E-state index in [-0.39, 0.29) is 29.2 Å². The maximum absolute atomic E-state index is 12.5. The number of ketones is 1. The van der Waals surface area contributed by atoms with Crippen LogP contribution in [0, 0.1) is 28.6 Å². The molecule has 2 saturated carbocycles. The van der Waals surface area contributed by atoms with Crippen LogP contribution in [-0.4, -0.2) is 28.6 Å². The van der Waals surface area contributed by atoms with Gasteiger partial charge >= 0.3 is 5.97 Å². The summed E-state index contributed by atoms with van der Waals surface area (Å²) >= 11 is 0. The highest BCUT2D eigenvalue weighted by Crippen LogP contribution is 2.66. The number of rotatable bonds is 2. The van der Waals surface area contributed by atoms with Crippen molar-refractivity contribution < 1.29 is 19.4 Å². The molecule has 4 aliphatic rings. The number of aliphatic hydroxyl groups is 1. The summed E-state index contributed by atoms with van der Waals surface area (Å²) < 4.78 is 5.51. The van der Waals surface area contributed by atoms with Gasteiger partial charge in [0.2, 0.25) is 0 Å². The molecule has 0 aromatic rings. The van der Waals surface area contributed by atoms with Gasteiger partial charge in [0.15, 0.2) is 5.78 Å². The molecule has 0 radical (unpaired) electrons. The number of carbonyl (C=O) groups excluding carboxylic acids is 2. The zero-order valence-corrected chi connectivity index (χ0v) is 17.9. The van der Waals surface area contributed by atoms with Crippen LogP contribution < -0.4 is 0 Å². The maximum atomic E-state index is 12.5. The molecule has 1 N–H and O–H groups in total. The highest BCUT2D eigenvalue weighted by atomic mass is 16.5. The fourth-order valence-corrected chi connectivity index (χ4v) is 7.47. The SMILES string of the molecule is CC(=O)OC1CC[C@@]2(C)C(=CC[C@@H]3[C@@H]2CC[C@@]2(C)[C@H]3C=C(C)[C@]2(O)C(C)=O)C1. The van der Waals surface area contributed by atoms with E-state index in [1.165, 1.54) is 19.4 Å². The molecule has 1 unspecified atom stereocenters. The Morgan fingerprint density at radius 1 is 1.18 bits per heavy atom. The summed E-state index contributed by atoms with van der Waals surface area (Å²) in [7, 11) is 0. The first-order valence-corrected chi connectivity index (χ1v) is 10.8.